The van der Waals surface area contributed by atoms with E-state index >= 15 is 0 Å². The molecular formula is C21H32N4O2S. The molecule has 1 aliphatic heterocycles. The molecule has 28 heavy (non-hydrogen) atoms. The fourth-order valence-electron chi connectivity index (χ4n) is 3.78. The minimum atomic E-state index is -3.60. The van der Waals surface area contributed by atoms with Crippen LogP contribution in [0.2, 0.25) is 0 Å². The Balaban J connectivity index is 1.77. The molecule has 0 bridgehead atoms. The Hall–Kier alpha value is -1.54. The van der Waals surface area contributed by atoms with E-state index in [1.165, 1.54) is 0 Å². The Morgan fingerprint density at radius 3 is 2.68 bits per heavy atom. The second kappa shape index (κ2) is 9.78. The Morgan fingerprint density at radius 2 is 1.93 bits per heavy atom. The van der Waals surface area contributed by atoms with E-state index < -0.39 is 10.0 Å². The second-order valence-electron chi connectivity index (χ2n) is 7.77. The molecule has 0 aliphatic carbocycles. The lowest BCUT2D eigenvalue weighted by atomic mass is 10.1. The fourth-order valence-corrected chi connectivity index (χ4v) is 5.27. The van der Waals surface area contributed by atoms with E-state index in [0.717, 1.165) is 69.2 Å². The van der Waals surface area contributed by atoms with Gasteiger partial charge in [0.2, 0.25) is 10.0 Å². The summed E-state index contributed by atoms with van der Waals surface area (Å²) in [6.07, 6.45) is 7.51. The van der Waals surface area contributed by atoms with Crippen molar-refractivity contribution in [1.82, 2.24) is 19.5 Å². The molecule has 0 spiro atoms. The van der Waals surface area contributed by atoms with Crippen LogP contribution in [-0.4, -0.2) is 69.0 Å². The summed E-state index contributed by atoms with van der Waals surface area (Å²) < 4.78 is 29.5. The molecule has 2 aromatic rings. The monoisotopic (exact) mass is 404 g/mol. The van der Waals surface area contributed by atoms with Crippen molar-refractivity contribution in [1.29, 1.82) is 0 Å². The van der Waals surface area contributed by atoms with E-state index in [0.29, 0.717) is 4.90 Å². The minimum absolute atomic E-state index is 0.0722. The van der Waals surface area contributed by atoms with Gasteiger partial charge in [0.05, 0.1) is 4.90 Å². The zero-order chi connectivity index (χ0) is 20.0. The standard InChI is InChI=1S/C21H32N4O2S/c1-3-4-5-8-19(17-25-14-12-24(2)13-15-25)23-28(26,27)21-9-6-7-18-16-22-11-10-20(18)21/h6-7,9-11,16,19,23H,3-5,8,12-15,17H2,1-2H3/t19-/m1/s1. The van der Waals surface area contributed by atoms with Gasteiger partial charge in [-0.15, -0.1) is 0 Å². The summed E-state index contributed by atoms with van der Waals surface area (Å²) in [6, 6.07) is 7.06. The average molecular weight is 405 g/mol. The number of hydrogen-bond acceptors (Lipinski definition) is 5. The number of piperazine rings is 1. The summed E-state index contributed by atoms with van der Waals surface area (Å²) in [5, 5.41) is 1.56. The van der Waals surface area contributed by atoms with E-state index in [1.807, 2.05) is 6.07 Å². The molecule has 1 atom stereocenters. The molecule has 7 heteroatoms. The van der Waals surface area contributed by atoms with Gasteiger partial charge in [-0.1, -0.05) is 38.3 Å². The maximum Gasteiger partial charge on any atom is 0.241 e. The van der Waals surface area contributed by atoms with Crippen LogP contribution in [0.5, 0.6) is 0 Å². The van der Waals surface area contributed by atoms with Crippen molar-refractivity contribution >= 4 is 20.8 Å². The number of aromatic nitrogens is 1. The summed E-state index contributed by atoms with van der Waals surface area (Å²) in [4.78, 5) is 9.14. The topological polar surface area (TPSA) is 65.5 Å². The molecule has 1 aromatic heterocycles. The largest absolute Gasteiger partial charge is 0.304 e. The molecule has 0 saturated carbocycles. The number of nitrogens with zero attached hydrogens (tertiary/aromatic N) is 3. The van der Waals surface area contributed by atoms with Gasteiger partial charge in [-0.05, 0) is 25.6 Å². The quantitative estimate of drug-likeness (QED) is 0.651. The molecule has 1 aliphatic rings. The number of benzene rings is 1. The zero-order valence-corrected chi connectivity index (χ0v) is 17.8. The average Bonchev–Trinajstić information content (AvgIpc) is 2.69. The normalized spacial score (nSPS) is 17.8. The summed E-state index contributed by atoms with van der Waals surface area (Å²) in [5.41, 5.74) is 0. The molecule has 1 N–H and O–H groups in total. The number of unbranched alkanes of at least 4 members (excludes halogenated alkanes) is 2. The Labute approximate surface area is 169 Å². The summed E-state index contributed by atoms with van der Waals surface area (Å²) >= 11 is 0. The van der Waals surface area contributed by atoms with Crippen molar-refractivity contribution in [2.75, 3.05) is 39.8 Å². The summed E-state index contributed by atoms with van der Waals surface area (Å²) in [6.45, 7) is 6.98. The smallest absolute Gasteiger partial charge is 0.241 e. The van der Waals surface area contributed by atoms with Gasteiger partial charge in [0.25, 0.3) is 0 Å². The molecule has 1 aromatic carbocycles. The van der Waals surface area contributed by atoms with Crippen LogP contribution in [0.25, 0.3) is 10.8 Å². The highest BCUT2D eigenvalue weighted by atomic mass is 32.2. The lowest BCUT2D eigenvalue weighted by Crippen LogP contribution is -2.50. The number of likely N-dealkylation sites (N-methyl/N-ethyl adjacent to an activating group) is 1. The zero-order valence-electron chi connectivity index (χ0n) is 17.0. The molecule has 1 saturated heterocycles. The molecular weight excluding hydrogens is 372 g/mol. The van der Waals surface area contributed by atoms with E-state index in [9.17, 15) is 8.42 Å². The van der Waals surface area contributed by atoms with Crippen LogP contribution in [0, 0.1) is 0 Å². The molecule has 154 valence electrons. The van der Waals surface area contributed by atoms with Crippen molar-refractivity contribution in [2.45, 2.75) is 43.5 Å². The van der Waals surface area contributed by atoms with Crippen molar-refractivity contribution in [2.24, 2.45) is 0 Å². The van der Waals surface area contributed by atoms with Crippen molar-refractivity contribution in [3.05, 3.63) is 36.7 Å². The lowest BCUT2D eigenvalue weighted by Gasteiger charge is -2.34. The van der Waals surface area contributed by atoms with Crippen LogP contribution in [0.3, 0.4) is 0 Å². The maximum atomic E-state index is 13.2. The van der Waals surface area contributed by atoms with Gasteiger partial charge in [0, 0.05) is 61.9 Å². The molecule has 6 nitrogen and oxygen atoms in total. The first kappa shape index (κ1) is 21.2. The first-order chi connectivity index (χ1) is 13.5. The highest BCUT2D eigenvalue weighted by Gasteiger charge is 2.24. The van der Waals surface area contributed by atoms with Gasteiger partial charge in [0.1, 0.15) is 0 Å². The number of sulfonamides is 1. The van der Waals surface area contributed by atoms with Crippen LogP contribution in [0.15, 0.2) is 41.6 Å². The third kappa shape index (κ3) is 5.50. The van der Waals surface area contributed by atoms with Crippen LogP contribution < -0.4 is 4.72 Å². The number of rotatable bonds is 9. The molecule has 0 unspecified atom stereocenters. The third-order valence-corrected chi connectivity index (χ3v) is 7.06. The predicted octanol–water partition coefficient (Wildman–Crippen LogP) is 2.71. The van der Waals surface area contributed by atoms with Crippen molar-refractivity contribution < 1.29 is 8.42 Å². The van der Waals surface area contributed by atoms with Gasteiger partial charge >= 0.3 is 0 Å². The Morgan fingerprint density at radius 1 is 1.14 bits per heavy atom. The van der Waals surface area contributed by atoms with E-state index in [4.69, 9.17) is 0 Å². The Bertz CT molecular complexity index is 858. The van der Waals surface area contributed by atoms with Crippen molar-refractivity contribution in [3.63, 3.8) is 0 Å². The highest BCUT2D eigenvalue weighted by molar-refractivity contribution is 7.89. The molecule has 1 fully saturated rings. The predicted molar refractivity (Wildman–Crippen MR) is 114 cm³/mol. The fraction of sp³-hybridized carbons (Fsp3) is 0.571. The summed E-state index contributed by atoms with van der Waals surface area (Å²) in [5.74, 6) is 0. The van der Waals surface area contributed by atoms with E-state index in [-0.39, 0.29) is 6.04 Å². The van der Waals surface area contributed by atoms with Gasteiger partial charge in [-0.25, -0.2) is 13.1 Å². The SMILES string of the molecule is CCCCC[C@H](CN1CCN(C)CC1)NS(=O)(=O)c1cccc2cnccc12. The van der Waals surface area contributed by atoms with Gasteiger partial charge in [-0.3, -0.25) is 9.88 Å². The highest BCUT2D eigenvalue weighted by Crippen LogP contribution is 2.22. The second-order valence-corrected chi connectivity index (χ2v) is 9.45. The van der Waals surface area contributed by atoms with E-state index in [1.54, 1.807) is 30.6 Å². The molecule has 0 radical (unpaired) electrons. The summed E-state index contributed by atoms with van der Waals surface area (Å²) in [7, 11) is -1.47. The number of pyridine rings is 1. The Kier molecular flexibility index (Phi) is 7.40. The van der Waals surface area contributed by atoms with Crippen LogP contribution >= 0.6 is 0 Å². The molecule has 3 rings (SSSR count). The maximum absolute atomic E-state index is 13.2. The van der Waals surface area contributed by atoms with Crippen LogP contribution in [0.4, 0.5) is 0 Å². The van der Waals surface area contributed by atoms with Gasteiger partial charge < -0.3 is 4.90 Å². The number of fused-ring (bicyclic) bond motifs is 1. The van der Waals surface area contributed by atoms with Gasteiger partial charge in [-0.2, -0.15) is 0 Å². The number of hydrogen-bond donors (Lipinski definition) is 1. The lowest BCUT2D eigenvalue weighted by molar-refractivity contribution is 0.143. The van der Waals surface area contributed by atoms with Crippen LogP contribution in [-0.2, 0) is 10.0 Å². The minimum Gasteiger partial charge on any atom is -0.304 e. The molecule has 0 amide bonds. The third-order valence-electron chi connectivity index (χ3n) is 5.48. The van der Waals surface area contributed by atoms with Gasteiger partial charge in [0.15, 0.2) is 0 Å². The first-order valence-corrected chi connectivity index (χ1v) is 11.7. The van der Waals surface area contributed by atoms with Crippen LogP contribution in [0.1, 0.15) is 32.6 Å². The van der Waals surface area contributed by atoms with Crippen molar-refractivity contribution in [3.8, 4) is 0 Å². The number of nitrogens with one attached hydrogen (secondary N) is 1. The van der Waals surface area contributed by atoms with E-state index in [2.05, 4.69) is 33.5 Å². The first-order valence-electron chi connectivity index (χ1n) is 10.3. The molecule has 2 heterocycles.